The van der Waals surface area contributed by atoms with Crippen molar-refractivity contribution in [3.63, 3.8) is 0 Å². The number of rotatable bonds is 3. The summed E-state index contributed by atoms with van der Waals surface area (Å²) in [5.74, 6) is 2.45. The van der Waals surface area contributed by atoms with Crippen molar-refractivity contribution in [1.29, 1.82) is 0 Å². The van der Waals surface area contributed by atoms with E-state index in [1.165, 1.54) is 0 Å². The molecule has 0 saturated heterocycles. The van der Waals surface area contributed by atoms with Gasteiger partial charge in [0, 0.05) is 23.2 Å². The van der Waals surface area contributed by atoms with Crippen LogP contribution >= 0.6 is 0 Å². The Morgan fingerprint density at radius 1 is 1.19 bits per heavy atom. The first-order chi connectivity index (χ1) is 12.6. The second-order valence-corrected chi connectivity index (χ2v) is 7.65. The van der Waals surface area contributed by atoms with Crippen LogP contribution in [0.5, 0.6) is 0 Å². The van der Waals surface area contributed by atoms with Crippen LogP contribution in [0.3, 0.4) is 0 Å². The third kappa shape index (κ3) is 2.50. The molecule has 2 fully saturated rings. The van der Waals surface area contributed by atoms with Gasteiger partial charge in [-0.2, -0.15) is 10.1 Å². The fourth-order valence-corrected chi connectivity index (χ4v) is 4.39. The van der Waals surface area contributed by atoms with Gasteiger partial charge in [-0.1, -0.05) is 13.0 Å². The molecule has 3 aromatic rings. The maximum absolute atomic E-state index is 9.98. The topological polar surface area (TPSA) is 113 Å². The Morgan fingerprint density at radius 3 is 2.85 bits per heavy atom. The van der Waals surface area contributed by atoms with Crippen molar-refractivity contribution < 1.29 is 5.11 Å². The normalized spacial score (nSPS) is 30.2. The summed E-state index contributed by atoms with van der Waals surface area (Å²) in [5.41, 5.74) is 8.72. The number of aromatic nitrogens is 4. The molecule has 7 nitrogen and oxygen atoms in total. The van der Waals surface area contributed by atoms with Crippen LogP contribution in [0.25, 0.3) is 22.2 Å². The Balaban J connectivity index is 1.49. The average Bonchev–Trinajstić information content (AvgIpc) is 3.02. The summed E-state index contributed by atoms with van der Waals surface area (Å²) in [6.07, 6.45) is 3.65. The zero-order valence-electron chi connectivity index (χ0n) is 14.6. The van der Waals surface area contributed by atoms with E-state index in [1.54, 1.807) is 6.20 Å². The Bertz CT molecular complexity index is 956. The molecular formula is C19H22N6O. The summed E-state index contributed by atoms with van der Waals surface area (Å²) in [6.45, 7) is 2.24. The molecular weight excluding hydrogens is 328 g/mol. The fourth-order valence-electron chi connectivity index (χ4n) is 4.39. The highest BCUT2D eigenvalue weighted by Crippen LogP contribution is 2.52. The molecule has 2 heterocycles. The number of aliphatic hydroxyl groups excluding tert-OH is 1. The van der Waals surface area contributed by atoms with E-state index in [4.69, 9.17) is 5.73 Å². The molecule has 26 heavy (non-hydrogen) atoms. The van der Waals surface area contributed by atoms with Crippen LogP contribution in [-0.4, -0.2) is 37.4 Å². The minimum atomic E-state index is -0.117. The van der Waals surface area contributed by atoms with Crippen LogP contribution in [0, 0.1) is 17.8 Å². The second kappa shape index (κ2) is 5.67. The molecule has 5 rings (SSSR count). The first-order valence-corrected chi connectivity index (χ1v) is 9.12. The monoisotopic (exact) mass is 350 g/mol. The Kier molecular flexibility index (Phi) is 3.40. The lowest BCUT2D eigenvalue weighted by Gasteiger charge is -2.29. The predicted octanol–water partition coefficient (Wildman–Crippen LogP) is 2.42. The molecule has 0 amide bonds. The average molecular weight is 350 g/mol. The molecule has 0 aliphatic heterocycles. The van der Waals surface area contributed by atoms with Gasteiger partial charge < -0.3 is 16.2 Å². The third-order valence-electron chi connectivity index (χ3n) is 5.99. The third-order valence-corrected chi connectivity index (χ3v) is 5.99. The molecule has 5 atom stereocenters. The number of aliphatic hydroxyl groups is 1. The van der Waals surface area contributed by atoms with Gasteiger partial charge in [0.25, 0.3) is 0 Å². The van der Waals surface area contributed by atoms with Gasteiger partial charge in [-0.25, -0.2) is 4.98 Å². The molecule has 5 unspecified atom stereocenters. The van der Waals surface area contributed by atoms with E-state index < -0.39 is 0 Å². The SMILES string of the molecule is CC1CC2C(O)C2CC1Nc1nc(N)nc2cc(-c3ccn[nH]3)ccc12. The van der Waals surface area contributed by atoms with Crippen molar-refractivity contribution in [1.82, 2.24) is 20.2 Å². The minimum absolute atomic E-state index is 0.117. The number of hydrogen-bond donors (Lipinski definition) is 4. The lowest BCUT2D eigenvalue weighted by Crippen LogP contribution is -2.32. The number of nitrogens with two attached hydrogens (primary N) is 1. The number of benzene rings is 1. The summed E-state index contributed by atoms with van der Waals surface area (Å²) >= 11 is 0. The molecule has 7 heteroatoms. The van der Waals surface area contributed by atoms with Crippen LogP contribution in [0.15, 0.2) is 30.5 Å². The highest BCUT2D eigenvalue weighted by molar-refractivity contribution is 5.92. The molecule has 0 bridgehead atoms. The first-order valence-electron chi connectivity index (χ1n) is 9.12. The van der Waals surface area contributed by atoms with E-state index in [9.17, 15) is 5.11 Å². The van der Waals surface area contributed by atoms with Crippen LogP contribution in [0.2, 0.25) is 0 Å². The number of nitrogens with one attached hydrogen (secondary N) is 2. The van der Waals surface area contributed by atoms with Crippen molar-refractivity contribution in [3.05, 3.63) is 30.5 Å². The Labute approximate surface area is 151 Å². The molecule has 2 aliphatic rings. The number of hydrogen-bond acceptors (Lipinski definition) is 6. The lowest BCUT2D eigenvalue weighted by molar-refractivity contribution is 0.247. The van der Waals surface area contributed by atoms with Crippen molar-refractivity contribution in [2.75, 3.05) is 11.1 Å². The molecule has 0 radical (unpaired) electrons. The van der Waals surface area contributed by atoms with Gasteiger partial charge >= 0.3 is 0 Å². The predicted molar refractivity (Wildman–Crippen MR) is 100 cm³/mol. The van der Waals surface area contributed by atoms with E-state index in [2.05, 4.69) is 32.4 Å². The Hall–Kier alpha value is -2.67. The maximum Gasteiger partial charge on any atom is 0.222 e. The van der Waals surface area contributed by atoms with Gasteiger partial charge in [-0.3, -0.25) is 5.10 Å². The standard InChI is InChI=1S/C19H22N6O/c1-9-6-12-13(17(12)26)8-15(9)22-18-11-3-2-10(14-4-5-21-25-14)7-16(11)23-19(20)24-18/h2-5,7,9,12-13,15,17,26H,6,8H2,1H3,(H,21,25)(H3,20,22,23,24). The van der Waals surface area contributed by atoms with Crippen molar-refractivity contribution in [3.8, 4) is 11.3 Å². The highest BCUT2D eigenvalue weighted by atomic mass is 16.3. The smallest absolute Gasteiger partial charge is 0.222 e. The zero-order chi connectivity index (χ0) is 17.8. The summed E-state index contributed by atoms with van der Waals surface area (Å²) in [7, 11) is 0. The molecule has 2 aliphatic carbocycles. The van der Waals surface area contributed by atoms with E-state index in [-0.39, 0.29) is 18.1 Å². The molecule has 2 aromatic heterocycles. The molecule has 134 valence electrons. The summed E-state index contributed by atoms with van der Waals surface area (Å²) in [5, 5.41) is 21.5. The first kappa shape index (κ1) is 15.6. The minimum Gasteiger partial charge on any atom is -0.393 e. The van der Waals surface area contributed by atoms with Gasteiger partial charge in [0.2, 0.25) is 5.95 Å². The van der Waals surface area contributed by atoms with Crippen LogP contribution in [-0.2, 0) is 0 Å². The largest absolute Gasteiger partial charge is 0.393 e. The van der Waals surface area contributed by atoms with Gasteiger partial charge in [0.05, 0.1) is 17.3 Å². The lowest BCUT2D eigenvalue weighted by atomic mass is 9.86. The van der Waals surface area contributed by atoms with Crippen LogP contribution in [0.1, 0.15) is 19.8 Å². The number of H-pyrrole nitrogens is 1. The van der Waals surface area contributed by atoms with Crippen LogP contribution in [0.4, 0.5) is 11.8 Å². The van der Waals surface area contributed by atoms with Gasteiger partial charge in [0.15, 0.2) is 0 Å². The summed E-state index contributed by atoms with van der Waals surface area (Å²) < 4.78 is 0. The van der Waals surface area contributed by atoms with Crippen molar-refractivity contribution in [2.24, 2.45) is 17.8 Å². The van der Waals surface area contributed by atoms with Crippen molar-refractivity contribution >= 4 is 22.7 Å². The number of anilines is 2. The van der Waals surface area contributed by atoms with E-state index >= 15 is 0 Å². The van der Waals surface area contributed by atoms with E-state index in [0.717, 1.165) is 40.8 Å². The zero-order valence-corrected chi connectivity index (χ0v) is 14.6. The number of nitrogen functional groups attached to an aromatic ring is 1. The second-order valence-electron chi connectivity index (χ2n) is 7.65. The summed E-state index contributed by atoms with van der Waals surface area (Å²) in [4.78, 5) is 8.86. The molecule has 2 saturated carbocycles. The molecule has 1 aromatic carbocycles. The highest BCUT2D eigenvalue weighted by Gasteiger charge is 2.54. The maximum atomic E-state index is 9.98. The van der Waals surface area contributed by atoms with Gasteiger partial charge in [-0.05, 0) is 48.8 Å². The number of fused-ring (bicyclic) bond motifs is 2. The van der Waals surface area contributed by atoms with E-state index in [1.807, 2.05) is 24.3 Å². The van der Waals surface area contributed by atoms with Gasteiger partial charge in [0.1, 0.15) is 5.82 Å². The molecule has 5 N–H and O–H groups in total. The van der Waals surface area contributed by atoms with Crippen LogP contribution < -0.4 is 11.1 Å². The van der Waals surface area contributed by atoms with Crippen molar-refractivity contribution in [2.45, 2.75) is 31.9 Å². The number of nitrogens with zero attached hydrogens (tertiary/aromatic N) is 3. The number of aromatic amines is 1. The van der Waals surface area contributed by atoms with E-state index in [0.29, 0.717) is 17.8 Å². The summed E-state index contributed by atoms with van der Waals surface area (Å²) in [6, 6.07) is 8.27. The Morgan fingerprint density at radius 2 is 2.04 bits per heavy atom. The molecule has 0 spiro atoms. The van der Waals surface area contributed by atoms with Gasteiger partial charge in [-0.15, -0.1) is 0 Å². The fraction of sp³-hybridized carbons (Fsp3) is 0.421. The quantitative estimate of drug-likeness (QED) is 0.577.